The van der Waals surface area contributed by atoms with Crippen LogP contribution in [0.1, 0.15) is 27.6 Å². The van der Waals surface area contributed by atoms with Crippen molar-refractivity contribution in [2.45, 2.75) is 18.3 Å². The van der Waals surface area contributed by atoms with Crippen LogP contribution in [0.3, 0.4) is 0 Å². The van der Waals surface area contributed by atoms with Gasteiger partial charge in [0.1, 0.15) is 17.1 Å². The number of nitrogens with zero attached hydrogens (tertiary/aromatic N) is 1. The summed E-state index contributed by atoms with van der Waals surface area (Å²) >= 11 is 1.97. The fraction of sp³-hybridized carbons (Fsp3) is 0.222. The summed E-state index contributed by atoms with van der Waals surface area (Å²) in [7, 11) is -4.56. The Balaban J connectivity index is 2.35. The van der Waals surface area contributed by atoms with Crippen molar-refractivity contribution in [1.82, 2.24) is 0 Å². The number of ether oxygens (including phenoxy) is 3. The molecule has 0 saturated carbocycles. The maximum atomic E-state index is 13.7. The smallest absolute Gasteiger partial charge is 0.405 e. The van der Waals surface area contributed by atoms with Gasteiger partial charge < -0.3 is 14.2 Å². The third kappa shape index (κ3) is 5.91. The number of halogens is 3. The van der Waals surface area contributed by atoms with Gasteiger partial charge >= 0.3 is 27.3 Å². The molecule has 0 aromatic heterocycles. The van der Waals surface area contributed by atoms with E-state index < -0.39 is 49.6 Å². The van der Waals surface area contributed by atoms with Gasteiger partial charge in [0, 0.05) is 12.1 Å². The Morgan fingerprint density at radius 2 is 1.82 bits per heavy atom. The third-order valence-electron chi connectivity index (χ3n) is 4.08. The number of methoxy groups -OCH3 is 1. The van der Waals surface area contributed by atoms with Gasteiger partial charge in [0.25, 0.3) is 5.69 Å². The topological polar surface area (TPSA) is 159 Å². The van der Waals surface area contributed by atoms with E-state index in [4.69, 9.17) is 14.0 Å². The van der Waals surface area contributed by atoms with Gasteiger partial charge in [-0.15, -0.1) is 0 Å². The zero-order valence-electron chi connectivity index (χ0n) is 16.7. The summed E-state index contributed by atoms with van der Waals surface area (Å²) < 4.78 is 72.7. The highest BCUT2D eigenvalue weighted by atomic mass is 127. The van der Waals surface area contributed by atoms with E-state index in [1.165, 1.54) is 19.2 Å². The van der Waals surface area contributed by atoms with Gasteiger partial charge in [0.2, 0.25) is 0 Å². The Morgan fingerprint density at radius 1 is 1.18 bits per heavy atom. The molecule has 0 fully saturated rings. The van der Waals surface area contributed by atoms with Crippen LogP contribution in [-0.2, 0) is 14.9 Å². The second-order valence-corrected chi connectivity index (χ2v) is 8.92. The minimum Gasteiger partial charge on any atom is -0.496 e. The van der Waals surface area contributed by atoms with Crippen LogP contribution in [0.25, 0.3) is 0 Å². The first kappa shape index (κ1) is 26.3. The summed E-state index contributed by atoms with van der Waals surface area (Å²) in [5, 5.41) is 6.33. The summed E-state index contributed by atoms with van der Waals surface area (Å²) in [4.78, 5) is 34.9. The number of benzene rings is 2. The molecule has 0 amide bonds. The van der Waals surface area contributed by atoms with Gasteiger partial charge in [0.15, 0.2) is 6.10 Å². The van der Waals surface area contributed by atoms with Crippen LogP contribution in [0.15, 0.2) is 36.4 Å². The predicted molar refractivity (Wildman–Crippen MR) is 115 cm³/mol. The first-order valence-electron chi connectivity index (χ1n) is 8.59. The Bertz CT molecular complexity index is 1220. The largest absolute Gasteiger partial charge is 0.496 e. The number of nitro benzene ring substituents is 1. The molecular formula is C18H14F2INO10S. The van der Waals surface area contributed by atoms with Crippen LogP contribution < -0.4 is 9.47 Å². The molecule has 0 aliphatic carbocycles. The van der Waals surface area contributed by atoms with E-state index in [1.807, 2.05) is 22.6 Å². The molecule has 11 nitrogen and oxygen atoms in total. The van der Waals surface area contributed by atoms with E-state index >= 15 is 0 Å². The lowest BCUT2D eigenvalue weighted by Crippen LogP contribution is -2.42. The molecule has 1 N–H and O–H groups in total. The molecule has 15 heteroatoms. The van der Waals surface area contributed by atoms with Crippen LogP contribution in [-0.4, -0.2) is 48.3 Å². The molecule has 1 atom stereocenters. The predicted octanol–water partition coefficient (Wildman–Crippen LogP) is 3.45. The molecule has 2 aromatic carbocycles. The molecule has 0 aliphatic rings. The van der Waals surface area contributed by atoms with Gasteiger partial charge in [-0.2, -0.15) is 17.2 Å². The summed E-state index contributed by atoms with van der Waals surface area (Å²) in [6.07, 6.45) is -2.70. The number of alkyl halides is 2. The maximum absolute atomic E-state index is 13.7. The SMILES string of the molecule is COc1cc(C(=O)Oc2ccc([N+](=O)[O-])c(C(=O)OC(C)C(F)(F)S(=O)(=O)O)c2)ccc1I. The number of hydrogen-bond donors (Lipinski definition) is 1. The first-order valence-corrected chi connectivity index (χ1v) is 11.1. The van der Waals surface area contributed by atoms with Crippen LogP contribution in [0.2, 0.25) is 0 Å². The summed E-state index contributed by atoms with van der Waals surface area (Å²) in [5.74, 6) is -2.65. The number of rotatable bonds is 8. The lowest BCUT2D eigenvalue weighted by Gasteiger charge is -2.20. The molecule has 2 rings (SSSR count). The molecule has 1 unspecified atom stereocenters. The summed E-state index contributed by atoms with van der Waals surface area (Å²) in [5.41, 5.74) is -1.75. The zero-order chi connectivity index (χ0) is 25.1. The van der Waals surface area contributed by atoms with E-state index in [9.17, 15) is 36.9 Å². The molecule has 178 valence electrons. The van der Waals surface area contributed by atoms with Crippen molar-refractivity contribution in [2.24, 2.45) is 0 Å². The Morgan fingerprint density at radius 3 is 2.36 bits per heavy atom. The van der Waals surface area contributed by atoms with Gasteiger partial charge in [-0.1, -0.05) is 0 Å². The van der Waals surface area contributed by atoms with E-state index in [2.05, 4.69) is 4.74 Å². The van der Waals surface area contributed by atoms with E-state index in [1.54, 1.807) is 6.07 Å². The lowest BCUT2D eigenvalue weighted by molar-refractivity contribution is -0.385. The van der Waals surface area contributed by atoms with E-state index in [0.29, 0.717) is 22.3 Å². The van der Waals surface area contributed by atoms with Gasteiger partial charge in [0.05, 0.1) is 21.2 Å². The second-order valence-electron chi connectivity index (χ2n) is 6.26. The van der Waals surface area contributed by atoms with E-state index in [0.717, 1.165) is 12.1 Å². The molecule has 0 bridgehead atoms. The van der Waals surface area contributed by atoms with Crippen molar-refractivity contribution in [3.8, 4) is 11.5 Å². The van der Waals surface area contributed by atoms with Crippen LogP contribution in [0.4, 0.5) is 14.5 Å². The standard InChI is InChI=1S/C18H14F2INO10S/c1-9(18(19,20)33(27,28)29)31-17(24)12-8-11(4-6-14(12)22(25)26)32-16(23)10-3-5-13(21)15(7-10)30-2/h3-9H,1-2H3,(H,27,28,29). The van der Waals surface area contributed by atoms with Crippen molar-refractivity contribution in [3.05, 3.63) is 61.2 Å². The highest BCUT2D eigenvalue weighted by Crippen LogP contribution is 2.31. The second kappa shape index (κ2) is 9.92. The number of hydrogen-bond acceptors (Lipinski definition) is 9. The Kier molecular flexibility index (Phi) is 7.91. The fourth-order valence-electron chi connectivity index (χ4n) is 2.36. The highest BCUT2D eigenvalue weighted by molar-refractivity contribution is 14.1. The van der Waals surface area contributed by atoms with Crippen molar-refractivity contribution in [3.63, 3.8) is 0 Å². The van der Waals surface area contributed by atoms with Gasteiger partial charge in [-0.25, -0.2) is 9.59 Å². The van der Waals surface area contributed by atoms with Crippen molar-refractivity contribution in [2.75, 3.05) is 7.11 Å². The first-order chi connectivity index (χ1) is 15.2. The van der Waals surface area contributed by atoms with Gasteiger partial charge in [-0.3, -0.25) is 14.7 Å². The quantitative estimate of drug-likeness (QED) is 0.119. The number of esters is 2. The summed E-state index contributed by atoms with van der Waals surface area (Å²) in [6, 6.07) is 6.77. The molecule has 0 heterocycles. The van der Waals surface area contributed by atoms with Crippen LogP contribution in [0, 0.1) is 13.7 Å². The van der Waals surface area contributed by atoms with E-state index in [-0.39, 0.29) is 11.3 Å². The molecular weight excluding hydrogens is 587 g/mol. The summed E-state index contributed by atoms with van der Waals surface area (Å²) in [6.45, 7) is 0.464. The number of carbonyl (C=O) groups is 2. The molecule has 0 spiro atoms. The van der Waals surface area contributed by atoms with Crippen LogP contribution >= 0.6 is 22.6 Å². The average molecular weight is 601 g/mol. The van der Waals surface area contributed by atoms with Gasteiger partial charge in [-0.05, 0) is 53.8 Å². The third-order valence-corrected chi connectivity index (χ3v) is 5.99. The minimum atomic E-state index is -5.94. The normalized spacial score (nSPS) is 12.5. The number of carbonyl (C=O) groups excluding carboxylic acids is 2. The van der Waals surface area contributed by atoms with Crippen molar-refractivity contribution < 1.29 is 50.5 Å². The monoisotopic (exact) mass is 601 g/mol. The Hall–Kier alpha value is -2.92. The minimum absolute atomic E-state index is 0.0381. The average Bonchev–Trinajstić information content (AvgIpc) is 2.72. The molecule has 2 aromatic rings. The maximum Gasteiger partial charge on any atom is 0.405 e. The zero-order valence-corrected chi connectivity index (χ0v) is 19.6. The molecule has 0 aliphatic heterocycles. The van der Waals surface area contributed by atoms with Crippen molar-refractivity contribution >= 4 is 50.3 Å². The lowest BCUT2D eigenvalue weighted by atomic mass is 10.1. The Labute approximate surface area is 198 Å². The van der Waals surface area contributed by atoms with Crippen molar-refractivity contribution in [1.29, 1.82) is 0 Å². The highest BCUT2D eigenvalue weighted by Gasteiger charge is 2.52. The molecule has 33 heavy (non-hydrogen) atoms. The number of nitro groups is 1. The fourth-order valence-corrected chi connectivity index (χ4v) is 3.38. The molecule has 0 radical (unpaired) electrons. The molecule has 0 saturated heterocycles. The van der Waals surface area contributed by atoms with Crippen LogP contribution in [0.5, 0.6) is 11.5 Å².